The average molecular weight is 348 g/mol. The molecule has 3 fully saturated rings. The van der Waals surface area contributed by atoms with Gasteiger partial charge in [-0.15, -0.1) is 0 Å². The molecule has 1 aliphatic heterocycles. The molecular weight excluding hydrogens is 325 g/mol. The van der Waals surface area contributed by atoms with Crippen LogP contribution in [0.15, 0.2) is 0 Å². The molecule has 8 heteroatoms. The summed E-state index contributed by atoms with van der Waals surface area (Å²) >= 11 is 0. The predicted octanol–water partition coefficient (Wildman–Crippen LogP) is 2.72. The molecule has 24 heavy (non-hydrogen) atoms. The maximum absolute atomic E-state index is 13.0. The van der Waals surface area contributed by atoms with Gasteiger partial charge in [-0.3, -0.25) is 4.79 Å². The van der Waals surface area contributed by atoms with Crippen LogP contribution >= 0.6 is 0 Å². The summed E-state index contributed by atoms with van der Waals surface area (Å²) in [5.74, 6) is -3.40. The molecule has 2 bridgehead atoms. The first-order valence-corrected chi connectivity index (χ1v) is 8.51. The number of nitrogens with one attached hydrogen (secondary N) is 1. The molecule has 0 spiro atoms. The number of rotatable bonds is 3. The van der Waals surface area contributed by atoms with Crippen LogP contribution in [-0.2, 0) is 4.79 Å². The maximum Gasteiger partial charge on any atom is 0.394 e. The third-order valence-electron chi connectivity index (χ3n) is 6.13. The van der Waals surface area contributed by atoms with Crippen molar-refractivity contribution in [3.8, 4) is 0 Å². The van der Waals surface area contributed by atoms with Crippen molar-refractivity contribution in [3.05, 3.63) is 0 Å². The highest BCUT2D eigenvalue weighted by Gasteiger charge is 2.53. The van der Waals surface area contributed by atoms with Crippen molar-refractivity contribution in [2.24, 2.45) is 29.6 Å². The number of nitrogens with zero attached hydrogens (tertiary/aromatic N) is 1. The summed E-state index contributed by atoms with van der Waals surface area (Å²) in [7, 11) is 0. The minimum absolute atomic E-state index is 0.0963. The van der Waals surface area contributed by atoms with E-state index in [-0.39, 0.29) is 6.04 Å². The number of carboxylic acids is 1. The van der Waals surface area contributed by atoms with Gasteiger partial charge in [0.2, 0.25) is 0 Å². The number of amides is 2. The van der Waals surface area contributed by atoms with E-state index in [1.807, 2.05) is 6.92 Å². The first-order chi connectivity index (χ1) is 11.2. The fourth-order valence-electron chi connectivity index (χ4n) is 4.85. The van der Waals surface area contributed by atoms with Crippen LogP contribution < -0.4 is 5.32 Å². The number of carbonyl (C=O) groups excluding carboxylic acids is 1. The van der Waals surface area contributed by atoms with Gasteiger partial charge in [0.1, 0.15) is 0 Å². The van der Waals surface area contributed by atoms with Gasteiger partial charge in [-0.05, 0) is 43.9 Å². The zero-order valence-corrected chi connectivity index (χ0v) is 13.6. The minimum atomic E-state index is -4.62. The Bertz CT molecular complexity index is 525. The molecule has 2 N–H and O–H groups in total. The van der Waals surface area contributed by atoms with Crippen LogP contribution in [0.25, 0.3) is 0 Å². The van der Waals surface area contributed by atoms with Gasteiger partial charge in [0.25, 0.3) is 0 Å². The second-order valence-electron chi connectivity index (χ2n) is 7.57. The van der Waals surface area contributed by atoms with Crippen LogP contribution in [0.5, 0.6) is 0 Å². The number of hydrogen-bond donors (Lipinski definition) is 2. The summed E-state index contributed by atoms with van der Waals surface area (Å²) in [6.45, 7) is 0.916. The highest BCUT2D eigenvalue weighted by molar-refractivity contribution is 5.78. The Balaban J connectivity index is 1.60. The Kier molecular flexibility index (Phi) is 4.42. The topological polar surface area (TPSA) is 69.6 Å². The zero-order valence-electron chi connectivity index (χ0n) is 13.6. The summed E-state index contributed by atoms with van der Waals surface area (Å²) < 4.78 is 39.0. The number of fused-ring (bicyclic) bond motifs is 2. The fourth-order valence-corrected chi connectivity index (χ4v) is 4.85. The number of carbonyl (C=O) groups is 2. The van der Waals surface area contributed by atoms with E-state index >= 15 is 0 Å². The van der Waals surface area contributed by atoms with Crippen molar-refractivity contribution in [3.63, 3.8) is 0 Å². The lowest BCUT2D eigenvalue weighted by Gasteiger charge is -2.30. The number of aliphatic carboxylic acids is 1. The van der Waals surface area contributed by atoms with E-state index in [0.717, 1.165) is 23.7 Å². The first kappa shape index (κ1) is 17.4. The Morgan fingerprint density at radius 3 is 2.38 bits per heavy atom. The van der Waals surface area contributed by atoms with Gasteiger partial charge in [0, 0.05) is 19.1 Å². The van der Waals surface area contributed by atoms with Crippen LogP contribution in [0.2, 0.25) is 0 Å². The van der Waals surface area contributed by atoms with Crippen molar-refractivity contribution in [1.82, 2.24) is 10.2 Å². The first-order valence-electron chi connectivity index (χ1n) is 8.51. The second kappa shape index (κ2) is 6.11. The van der Waals surface area contributed by atoms with E-state index in [1.54, 1.807) is 0 Å². The molecule has 0 aromatic heterocycles. The van der Waals surface area contributed by atoms with E-state index in [1.165, 1.54) is 12.8 Å². The van der Waals surface area contributed by atoms with E-state index in [0.29, 0.717) is 11.8 Å². The number of carboxylic acid groups (broad SMARTS) is 1. The van der Waals surface area contributed by atoms with Crippen molar-refractivity contribution in [2.75, 3.05) is 13.1 Å². The molecule has 6 atom stereocenters. The fraction of sp³-hybridized carbons (Fsp3) is 0.875. The van der Waals surface area contributed by atoms with Crippen molar-refractivity contribution in [2.45, 2.75) is 44.8 Å². The Morgan fingerprint density at radius 2 is 1.92 bits per heavy atom. The normalized spacial score (nSPS) is 36.8. The SMILES string of the molecule is CC(NC(=O)N1C[C@@H](C(F)(F)F)[C@H](C(=O)O)C1)C1CC2CCC1C2. The third-order valence-corrected chi connectivity index (χ3v) is 6.13. The van der Waals surface area contributed by atoms with Crippen LogP contribution in [0.1, 0.15) is 32.6 Å². The predicted molar refractivity (Wildman–Crippen MR) is 79.2 cm³/mol. The van der Waals surface area contributed by atoms with E-state index < -0.39 is 43.1 Å². The summed E-state index contributed by atoms with van der Waals surface area (Å²) in [5, 5.41) is 11.8. The zero-order chi connectivity index (χ0) is 17.6. The highest BCUT2D eigenvalue weighted by Crippen LogP contribution is 2.49. The Hall–Kier alpha value is -1.47. The third kappa shape index (κ3) is 3.19. The smallest absolute Gasteiger partial charge is 0.394 e. The number of urea groups is 1. The van der Waals surface area contributed by atoms with E-state index in [4.69, 9.17) is 5.11 Å². The lowest BCUT2D eigenvalue weighted by molar-refractivity contribution is -0.187. The molecule has 136 valence electrons. The van der Waals surface area contributed by atoms with Crippen LogP contribution in [0.3, 0.4) is 0 Å². The molecule has 2 aliphatic carbocycles. The molecule has 2 saturated carbocycles. The van der Waals surface area contributed by atoms with Gasteiger partial charge in [0.15, 0.2) is 0 Å². The summed E-state index contributed by atoms with van der Waals surface area (Å²) in [6.07, 6.45) is 0.0349. The average Bonchev–Trinajstić information content (AvgIpc) is 3.20. The highest BCUT2D eigenvalue weighted by atomic mass is 19.4. The molecule has 0 aromatic rings. The number of alkyl halides is 3. The Morgan fingerprint density at radius 1 is 1.21 bits per heavy atom. The standard InChI is InChI=1S/C16H23F3N2O3/c1-8(11-5-9-2-3-10(11)4-9)20-15(24)21-6-12(14(22)23)13(7-21)16(17,18)19/h8-13H,2-7H2,1H3,(H,20,24)(H,22,23)/t8?,9?,10?,11?,12-,13-/m1/s1. The largest absolute Gasteiger partial charge is 0.481 e. The Labute approximate surface area is 138 Å². The molecule has 2 amide bonds. The number of hydrogen-bond acceptors (Lipinski definition) is 2. The lowest BCUT2D eigenvalue weighted by atomic mass is 9.84. The molecule has 3 rings (SSSR count). The molecule has 1 saturated heterocycles. The maximum atomic E-state index is 13.0. The van der Waals surface area contributed by atoms with Gasteiger partial charge in [-0.1, -0.05) is 6.42 Å². The van der Waals surface area contributed by atoms with E-state index in [2.05, 4.69) is 5.32 Å². The van der Waals surface area contributed by atoms with Crippen LogP contribution in [0.4, 0.5) is 18.0 Å². The van der Waals surface area contributed by atoms with Crippen molar-refractivity contribution < 1.29 is 27.9 Å². The molecule has 5 nitrogen and oxygen atoms in total. The summed E-state index contributed by atoms with van der Waals surface area (Å²) in [4.78, 5) is 24.4. The molecule has 4 unspecified atom stereocenters. The van der Waals surface area contributed by atoms with Gasteiger partial charge in [0.05, 0.1) is 11.8 Å². The quantitative estimate of drug-likeness (QED) is 0.824. The van der Waals surface area contributed by atoms with Gasteiger partial charge >= 0.3 is 18.2 Å². The molecular formula is C16H23F3N2O3. The van der Waals surface area contributed by atoms with E-state index in [9.17, 15) is 22.8 Å². The molecule has 3 aliphatic rings. The minimum Gasteiger partial charge on any atom is -0.481 e. The number of likely N-dealkylation sites (tertiary alicyclic amines) is 1. The van der Waals surface area contributed by atoms with Gasteiger partial charge in [-0.25, -0.2) is 4.79 Å². The van der Waals surface area contributed by atoms with Gasteiger partial charge < -0.3 is 15.3 Å². The summed E-state index contributed by atoms with van der Waals surface area (Å²) in [6, 6.07) is -0.677. The van der Waals surface area contributed by atoms with Gasteiger partial charge in [-0.2, -0.15) is 13.2 Å². The van der Waals surface area contributed by atoms with Crippen molar-refractivity contribution >= 4 is 12.0 Å². The molecule has 1 heterocycles. The lowest BCUT2D eigenvalue weighted by Crippen LogP contribution is -2.47. The van der Waals surface area contributed by atoms with Crippen molar-refractivity contribution in [1.29, 1.82) is 0 Å². The monoisotopic (exact) mass is 348 g/mol. The summed E-state index contributed by atoms with van der Waals surface area (Å²) in [5.41, 5.74) is 0. The molecule has 0 radical (unpaired) electrons. The number of halogens is 3. The molecule has 0 aromatic carbocycles. The van der Waals surface area contributed by atoms with Crippen LogP contribution in [0, 0.1) is 29.6 Å². The van der Waals surface area contributed by atoms with Crippen LogP contribution in [-0.4, -0.2) is 47.3 Å². The second-order valence-corrected chi connectivity index (χ2v) is 7.57.